The Morgan fingerprint density at radius 2 is 1.72 bits per heavy atom. The van der Waals surface area contributed by atoms with Crippen LogP contribution in [0.1, 0.15) is 19.4 Å². The normalized spacial score (nSPS) is 26.2. The third kappa shape index (κ3) is 2.58. The molecule has 0 spiro atoms. The number of hydrogen-bond donors (Lipinski definition) is 1. The van der Waals surface area contributed by atoms with E-state index < -0.39 is 10.0 Å². The third-order valence-corrected chi connectivity index (χ3v) is 5.23. The van der Waals surface area contributed by atoms with Crippen LogP contribution in [0.15, 0.2) is 29.2 Å². The lowest BCUT2D eigenvalue weighted by atomic mass is 10.2. The van der Waals surface area contributed by atoms with Gasteiger partial charge >= 0.3 is 0 Å². The van der Waals surface area contributed by atoms with Crippen molar-refractivity contribution in [3.05, 3.63) is 29.8 Å². The first kappa shape index (κ1) is 13.5. The predicted octanol–water partition coefficient (Wildman–Crippen LogP) is 1.37. The average Bonchev–Trinajstić information content (AvgIpc) is 2.28. The van der Waals surface area contributed by atoms with Crippen molar-refractivity contribution in [1.29, 1.82) is 0 Å². The maximum atomic E-state index is 12.6. The topological polar surface area (TPSA) is 49.4 Å². The summed E-state index contributed by atoms with van der Waals surface area (Å²) in [6.45, 7) is 6.91. The predicted molar refractivity (Wildman–Crippen MR) is 72.0 cm³/mol. The first-order valence-corrected chi connectivity index (χ1v) is 7.67. The van der Waals surface area contributed by atoms with Crippen LogP contribution in [0, 0.1) is 6.92 Å². The Balaban J connectivity index is 2.34. The van der Waals surface area contributed by atoms with Gasteiger partial charge < -0.3 is 5.32 Å². The van der Waals surface area contributed by atoms with Crippen molar-refractivity contribution in [1.82, 2.24) is 9.62 Å². The maximum absolute atomic E-state index is 12.6. The van der Waals surface area contributed by atoms with E-state index in [-0.39, 0.29) is 12.1 Å². The molecule has 18 heavy (non-hydrogen) atoms. The lowest BCUT2D eigenvalue weighted by molar-refractivity contribution is 0.263. The van der Waals surface area contributed by atoms with Gasteiger partial charge in [0.2, 0.25) is 10.0 Å². The molecule has 2 rings (SSSR count). The van der Waals surface area contributed by atoms with Gasteiger partial charge in [-0.05, 0) is 32.4 Å². The van der Waals surface area contributed by atoms with Crippen LogP contribution in [0.3, 0.4) is 0 Å². The fraction of sp³-hybridized carbons (Fsp3) is 0.538. The molecule has 0 amide bonds. The van der Waals surface area contributed by atoms with E-state index in [9.17, 15) is 8.42 Å². The molecular weight excluding hydrogens is 248 g/mol. The first-order chi connectivity index (χ1) is 8.41. The van der Waals surface area contributed by atoms with Crippen molar-refractivity contribution < 1.29 is 8.42 Å². The monoisotopic (exact) mass is 268 g/mol. The molecule has 4 nitrogen and oxygen atoms in total. The zero-order valence-electron chi connectivity index (χ0n) is 11.1. The Kier molecular flexibility index (Phi) is 3.75. The lowest BCUT2D eigenvalue weighted by Gasteiger charge is -2.35. The van der Waals surface area contributed by atoms with Gasteiger partial charge in [0.25, 0.3) is 0 Å². The number of nitrogens with one attached hydrogen (secondary N) is 1. The van der Waals surface area contributed by atoms with Crippen LogP contribution < -0.4 is 5.32 Å². The summed E-state index contributed by atoms with van der Waals surface area (Å²) in [5.74, 6) is 0. The highest BCUT2D eigenvalue weighted by atomic mass is 32.2. The molecule has 1 N–H and O–H groups in total. The smallest absolute Gasteiger partial charge is 0.243 e. The van der Waals surface area contributed by atoms with Crippen LogP contribution in [0.4, 0.5) is 0 Å². The highest BCUT2D eigenvalue weighted by Gasteiger charge is 2.31. The molecule has 1 aliphatic rings. The summed E-state index contributed by atoms with van der Waals surface area (Å²) in [5, 5.41) is 3.34. The van der Waals surface area contributed by atoms with Crippen LogP contribution in [-0.2, 0) is 10.0 Å². The molecule has 1 heterocycles. The van der Waals surface area contributed by atoms with Crippen molar-refractivity contribution in [2.45, 2.75) is 37.8 Å². The molecule has 0 saturated carbocycles. The van der Waals surface area contributed by atoms with E-state index in [1.807, 2.05) is 32.9 Å². The van der Waals surface area contributed by atoms with Crippen molar-refractivity contribution in [2.24, 2.45) is 0 Å². The Morgan fingerprint density at radius 3 is 2.28 bits per heavy atom. The van der Waals surface area contributed by atoms with Crippen LogP contribution in [0.2, 0.25) is 0 Å². The van der Waals surface area contributed by atoms with Gasteiger partial charge in [0.15, 0.2) is 0 Å². The van der Waals surface area contributed by atoms with Gasteiger partial charge in [-0.1, -0.05) is 18.2 Å². The molecule has 1 aromatic rings. The summed E-state index contributed by atoms with van der Waals surface area (Å²) >= 11 is 0. The number of sulfonamides is 1. The van der Waals surface area contributed by atoms with Gasteiger partial charge in [0.1, 0.15) is 0 Å². The Hall–Kier alpha value is -0.910. The highest BCUT2D eigenvalue weighted by Crippen LogP contribution is 2.21. The van der Waals surface area contributed by atoms with Gasteiger partial charge in [-0.15, -0.1) is 0 Å². The van der Waals surface area contributed by atoms with Crippen molar-refractivity contribution in [2.75, 3.05) is 13.1 Å². The molecule has 1 saturated heterocycles. The van der Waals surface area contributed by atoms with Crippen LogP contribution in [-0.4, -0.2) is 37.9 Å². The summed E-state index contributed by atoms with van der Waals surface area (Å²) < 4.78 is 26.8. The van der Waals surface area contributed by atoms with E-state index in [1.165, 1.54) is 0 Å². The first-order valence-electron chi connectivity index (χ1n) is 6.23. The number of aryl methyl sites for hydroxylation is 1. The second-order valence-corrected chi connectivity index (χ2v) is 6.96. The van der Waals surface area contributed by atoms with Crippen molar-refractivity contribution in [3.63, 3.8) is 0 Å². The molecule has 0 aliphatic carbocycles. The molecule has 5 heteroatoms. The summed E-state index contributed by atoms with van der Waals surface area (Å²) in [6.07, 6.45) is 0. The van der Waals surface area contributed by atoms with E-state index in [1.54, 1.807) is 16.4 Å². The molecule has 0 radical (unpaired) electrons. The molecule has 2 unspecified atom stereocenters. The second kappa shape index (κ2) is 4.99. The minimum Gasteiger partial charge on any atom is -0.309 e. The number of rotatable bonds is 2. The SMILES string of the molecule is Cc1ccccc1S(=O)(=O)N1CC(C)NC(C)C1. The fourth-order valence-corrected chi connectivity index (χ4v) is 4.30. The minimum atomic E-state index is -3.37. The number of piperazine rings is 1. The zero-order chi connectivity index (χ0) is 13.3. The molecule has 1 fully saturated rings. The molecular formula is C13H20N2O2S. The van der Waals surface area contributed by atoms with E-state index in [0.717, 1.165) is 5.56 Å². The standard InChI is InChI=1S/C13H20N2O2S/c1-10-6-4-5-7-13(10)18(16,17)15-8-11(2)14-12(3)9-15/h4-7,11-12,14H,8-9H2,1-3H3. The molecule has 100 valence electrons. The number of hydrogen-bond acceptors (Lipinski definition) is 3. The number of nitrogens with zero attached hydrogens (tertiary/aromatic N) is 1. The lowest BCUT2D eigenvalue weighted by Crippen LogP contribution is -2.55. The van der Waals surface area contributed by atoms with Crippen LogP contribution in [0.25, 0.3) is 0 Å². The largest absolute Gasteiger partial charge is 0.309 e. The number of benzene rings is 1. The Bertz CT molecular complexity index is 518. The van der Waals surface area contributed by atoms with E-state index in [0.29, 0.717) is 18.0 Å². The summed E-state index contributed by atoms with van der Waals surface area (Å²) in [4.78, 5) is 0.423. The van der Waals surface area contributed by atoms with E-state index in [2.05, 4.69) is 5.32 Å². The van der Waals surface area contributed by atoms with Gasteiger partial charge in [0.05, 0.1) is 4.90 Å². The van der Waals surface area contributed by atoms with Gasteiger partial charge in [0, 0.05) is 25.2 Å². The van der Waals surface area contributed by atoms with Crippen molar-refractivity contribution >= 4 is 10.0 Å². The third-order valence-electron chi connectivity index (χ3n) is 3.24. The summed E-state index contributed by atoms with van der Waals surface area (Å²) in [7, 11) is -3.37. The molecule has 2 atom stereocenters. The van der Waals surface area contributed by atoms with Gasteiger partial charge in [-0.3, -0.25) is 0 Å². The Morgan fingerprint density at radius 1 is 1.17 bits per heavy atom. The maximum Gasteiger partial charge on any atom is 0.243 e. The van der Waals surface area contributed by atoms with E-state index >= 15 is 0 Å². The minimum absolute atomic E-state index is 0.188. The summed E-state index contributed by atoms with van der Waals surface area (Å²) in [5.41, 5.74) is 0.802. The van der Waals surface area contributed by atoms with Gasteiger partial charge in [-0.25, -0.2) is 8.42 Å². The Labute approximate surface area is 109 Å². The average molecular weight is 268 g/mol. The quantitative estimate of drug-likeness (QED) is 0.881. The van der Waals surface area contributed by atoms with Crippen molar-refractivity contribution in [3.8, 4) is 0 Å². The zero-order valence-corrected chi connectivity index (χ0v) is 11.9. The molecule has 0 bridgehead atoms. The summed E-state index contributed by atoms with van der Waals surface area (Å²) in [6, 6.07) is 7.52. The van der Waals surface area contributed by atoms with Crippen LogP contribution in [0.5, 0.6) is 0 Å². The molecule has 0 aromatic heterocycles. The molecule has 1 aliphatic heterocycles. The second-order valence-electron chi connectivity index (χ2n) is 5.06. The fourth-order valence-electron chi connectivity index (χ4n) is 2.46. The molecule has 1 aromatic carbocycles. The van der Waals surface area contributed by atoms with Crippen LogP contribution >= 0.6 is 0 Å². The highest BCUT2D eigenvalue weighted by molar-refractivity contribution is 7.89. The van der Waals surface area contributed by atoms with E-state index in [4.69, 9.17) is 0 Å². The van der Waals surface area contributed by atoms with Gasteiger partial charge in [-0.2, -0.15) is 4.31 Å².